The predicted octanol–water partition coefficient (Wildman–Crippen LogP) is 3.45. The highest BCUT2D eigenvalue weighted by Crippen LogP contribution is 2.28. The summed E-state index contributed by atoms with van der Waals surface area (Å²) in [5, 5.41) is 13.9. The molecule has 168 valence electrons. The lowest BCUT2D eigenvalue weighted by Crippen LogP contribution is -2.46. The lowest BCUT2D eigenvalue weighted by Gasteiger charge is -2.35. The molecule has 0 saturated carbocycles. The molecule has 0 unspecified atom stereocenters. The van der Waals surface area contributed by atoms with Crippen molar-refractivity contribution in [1.82, 2.24) is 24.6 Å². The fourth-order valence-electron chi connectivity index (χ4n) is 4.32. The number of benzene rings is 2. The molecule has 1 aliphatic rings. The third-order valence-electron chi connectivity index (χ3n) is 6.27. The van der Waals surface area contributed by atoms with Crippen LogP contribution in [0.4, 0.5) is 5.82 Å². The number of hydrogen-bond acceptors (Lipinski definition) is 6. The summed E-state index contributed by atoms with van der Waals surface area (Å²) < 4.78 is 2.01. The van der Waals surface area contributed by atoms with Crippen LogP contribution in [0.2, 0.25) is 0 Å². The van der Waals surface area contributed by atoms with Gasteiger partial charge in [-0.05, 0) is 24.6 Å². The average Bonchev–Trinajstić information content (AvgIpc) is 3.25. The summed E-state index contributed by atoms with van der Waals surface area (Å²) in [5.41, 5.74) is 6.33. The molecule has 7 nitrogen and oxygen atoms in total. The molecule has 0 aliphatic carbocycles. The van der Waals surface area contributed by atoms with Crippen molar-refractivity contribution in [3.05, 3.63) is 90.0 Å². The van der Waals surface area contributed by atoms with Crippen molar-refractivity contribution in [3.63, 3.8) is 0 Å². The third kappa shape index (κ3) is 4.51. The van der Waals surface area contributed by atoms with Crippen molar-refractivity contribution >= 4 is 5.82 Å². The summed E-state index contributed by atoms with van der Waals surface area (Å²) in [4.78, 5) is 14.1. The van der Waals surface area contributed by atoms with E-state index in [1.165, 1.54) is 11.3 Å². The first-order valence-electron chi connectivity index (χ1n) is 11.3. The van der Waals surface area contributed by atoms with Crippen LogP contribution in [0, 0.1) is 6.92 Å². The quantitative estimate of drug-likeness (QED) is 0.495. The minimum Gasteiger partial charge on any atom is -0.392 e. The number of nitrogens with zero attached hydrogens (tertiary/aromatic N) is 6. The summed E-state index contributed by atoms with van der Waals surface area (Å²) in [7, 11) is 0. The van der Waals surface area contributed by atoms with Gasteiger partial charge >= 0.3 is 0 Å². The summed E-state index contributed by atoms with van der Waals surface area (Å²) in [6.45, 7) is 6.77. The van der Waals surface area contributed by atoms with E-state index in [9.17, 15) is 5.11 Å². The second kappa shape index (κ2) is 9.52. The fraction of sp³-hybridized carbons (Fsp3) is 0.269. The van der Waals surface area contributed by atoms with E-state index in [4.69, 9.17) is 0 Å². The molecule has 1 saturated heterocycles. The molecule has 0 amide bonds. The molecule has 0 spiro atoms. The number of aromatic nitrogens is 4. The van der Waals surface area contributed by atoms with Gasteiger partial charge in [0.1, 0.15) is 5.69 Å². The highest BCUT2D eigenvalue weighted by atomic mass is 16.3. The second-order valence-corrected chi connectivity index (χ2v) is 8.35. The Morgan fingerprint density at radius 2 is 1.61 bits per heavy atom. The minimum absolute atomic E-state index is 0.0410. The molecular formula is C26H28N6O. The van der Waals surface area contributed by atoms with Crippen molar-refractivity contribution in [1.29, 1.82) is 0 Å². The highest BCUT2D eigenvalue weighted by molar-refractivity contribution is 5.72. The average molecular weight is 441 g/mol. The fourth-order valence-corrected chi connectivity index (χ4v) is 4.32. The monoisotopic (exact) mass is 440 g/mol. The topological polar surface area (TPSA) is 70.3 Å². The smallest absolute Gasteiger partial charge is 0.155 e. The Balaban J connectivity index is 1.26. The third-order valence-corrected chi connectivity index (χ3v) is 6.27. The Bertz CT molecular complexity index is 1200. The summed E-state index contributed by atoms with van der Waals surface area (Å²) >= 11 is 0. The van der Waals surface area contributed by atoms with Crippen molar-refractivity contribution < 1.29 is 5.11 Å². The van der Waals surface area contributed by atoms with E-state index < -0.39 is 0 Å². The zero-order chi connectivity index (χ0) is 22.6. The molecule has 1 fully saturated rings. The predicted molar refractivity (Wildman–Crippen MR) is 129 cm³/mol. The lowest BCUT2D eigenvalue weighted by molar-refractivity contribution is 0.249. The molecule has 0 bridgehead atoms. The van der Waals surface area contributed by atoms with E-state index in [-0.39, 0.29) is 6.61 Å². The molecule has 1 aliphatic heterocycles. The van der Waals surface area contributed by atoms with Crippen LogP contribution in [0.15, 0.2) is 73.2 Å². The highest BCUT2D eigenvalue weighted by Gasteiger charge is 2.22. The summed E-state index contributed by atoms with van der Waals surface area (Å²) in [5.74, 6) is 0.918. The van der Waals surface area contributed by atoms with Gasteiger partial charge in [0.15, 0.2) is 5.82 Å². The number of rotatable bonds is 6. The molecule has 0 atom stereocenters. The van der Waals surface area contributed by atoms with Gasteiger partial charge in [-0.2, -0.15) is 5.10 Å². The molecule has 7 heteroatoms. The molecule has 5 rings (SSSR count). The van der Waals surface area contributed by atoms with Crippen LogP contribution in [0.1, 0.15) is 16.8 Å². The maximum atomic E-state index is 9.32. The molecule has 0 radical (unpaired) electrons. The van der Waals surface area contributed by atoms with Gasteiger partial charge in [0, 0.05) is 61.9 Å². The normalized spacial score (nSPS) is 14.5. The van der Waals surface area contributed by atoms with Crippen molar-refractivity contribution in [2.24, 2.45) is 0 Å². The Labute approximate surface area is 194 Å². The molecular weight excluding hydrogens is 412 g/mol. The van der Waals surface area contributed by atoms with Crippen molar-refractivity contribution in [3.8, 4) is 16.9 Å². The van der Waals surface area contributed by atoms with E-state index in [0.29, 0.717) is 0 Å². The second-order valence-electron chi connectivity index (χ2n) is 8.35. The first-order chi connectivity index (χ1) is 16.2. The van der Waals surface area contributed by atoms with E-state index in [1.54, 1.807) is 12.4 Å². The molecule has 4 aromatic rings. The zero-order valence-electron chi connectivity index (χ0n) is 18.8. The van der Waals surface area contributed by atoms with E-state index in [1.807, 2.05) is 53.3 Å². The Hall–Kier alpha value is -3.55. The van der Waals surface area contributed by atoms with E-state index in [0.717, 1.165) is 61.0 Å². The molecule has 3 heterocycles. The standard InChI is InChI=1S/C26H28N6O/c1-20-23(17-29-32(20)24-5-3-2-4-6-24)18-30-13-15-31(16-14-30)26-25(27-11-12-28-26)22-9-7-21(19-33)8-10-22/h2-12,17,33H,13-16,18-19H2,1H3. The SMILES string of the molecule is Cc1c(CN2CCN(c3nccnc3-c3ccc(CO)cc3)CC2)cnn1-c1ccccc1. The van der Waals surface area contributed by atoms with Gasteiger partial charge in [0.25, 0.3) is 0 Å². The van der Waals surface area contributed by atoms with Crippen LogP contribution in [-0.2, 0) is 13.2 Å². The molecule has 2 aromatic carbocycles. The number of para-hydroxylation sites is 1. The first-order valence-corrected chi connectivity index (χ1v) is 11.3. The van der Waals surface area contributed by atoms with Crippen LogP contribution in [0.3, 0.4) is 0 Å². The van der Waals surface area contributed by atoms with Crippen molar-refractivity contribution in [2.45, 2.75) is 20.1 Å². The van der Waals surface area contributed by atoms with Gasteiger partial charge in [0.05, 0.1) is 18.5 Å². The van der Waals surface area contributed by atoms with Crippen LogP contribution in [0.5, 0.6) is 0 Å². The van der Waals surface area contributed by atoms with Crippen LogP contribution in [-0.4, -0.2) is 55.9 Å². The maximum Gasteiger partial charge on any atom is 0.155 e. The minimum atomic E-state index is 0.0410. The first kappa shape index (κ1) is 21.3. The Morgan fingerprint density at radius 1 is 0.879 bits per heavy atom. The number of aliphatic hydroxyl groups excluding tert-OH is 1. The van der Waals surface area contributed by atoms with Gasteiger partial charge in [0.2, 0.25) is 0 Å². The van der Waals surface area contributed by atoms with Gasteiger partial charge in [-0.25, -0.2) is 9.67 Å². The number of hydrogen-bond donors (Lipinski definition) is 1. The van der Waals surface area contributed by atoms with E-state index in [2.05, 4.69) is 43.9 Å². The molecule has 1 N–H and O–H groups in total. The molecule has 33 heavy (non-hydrogen) atoms. The summed E-state index contributed by atoms with van der Waals surface area (Å²) in [6, 6.07) is 18.1. The zero-order valence-corrected chi connectivity index (χ0v) is 18.8. The van der Waals surface area contributed by atoms with Crippen LogP contribution >= 0.6 is 0 Å². The lowest BCUT2D eigenvalue weighted by atomic mass is 10.1. The summed E-state index contributed by atoms with van der Waals surface area (Å²) in [6.07, 6.45) is 5.49. The number of aliphatic hydroxyl groups is 1. The van der Waals surface area contributed by atoms with E-state index >= 15 is 0 Å². The van der Waals surface area contributed by atoms with Crippen LogP contribution in [0.25, 0.3) is 16.9 Å². The number of anilines is 1. The molecule has 2 aromatic heterocycles. The largest absolute Gasteiger partial charge is 0.392 e. The van der Waals surface area contributed by atoms with Crippen LogP contribution < -0.4 is 4.90 Å². The maximum absolute atomic E-state index is 9.32. The number of piperazine rings is 1. The van der Waals surface area contributed by atoms with Gasteiger partial charge in [-0.1, -0.05) is 42.5 Å². The Morgan fingerprint density at radius 3 is 2.33 bits per heavy atom. The Kier molecular flexibility index (Phi) is 6.15. The van der Waals surface area contributed by atoms with Crippen molar-refractivity contribution in [2.75, 3.05) is 31.1 Å². The van der Waals surface area contributed by atoms with Gasteiger partial charge in [-0.15, -0.1) is 0 Å². The van der Waals surface area contributed by atoms with Gasteiger partial charge < -0.3 is 10.0 Å². The van der Waals surface area contributed by atoms with Gasteiger partial charge in [-0.3, -0.25) is 9.88 Å².